The van der Waals surface area contributed by atoms with E-state index in [4.69, 9.17) is 5.73 Å². The third-order valence-corrected chi connectivity index (χ3v) is 2.16. The van der Waals surface area contributed by atoms with Crippen molar-refractivity contribution in [1.82, 2.24) is 5.32 Å². The van der Waals surface area contributed by atoms with Crippen LogP contribution in [0.15, 0.2) is 0 Å². The van der Waals surface area contributed by atoms with E-state index in [1.165, 1.54) is 6.92 Å². The van der Waals surface area contributed by atoms with E-state index in [9.17, 15) is 13.6 Å². The maximum absolute atomic E-state index is 12.7. The van der Waals surface area contributed by atoms with Gasteiger partial charge < -0.3 is 11.1 Å². The van der Waals surface area contributed by atoms with Gasteiger partial charge in [0.25, 0.3) is 6.43 Å². The first-order valence-corrected chi connectivity index (χ1v) is 5.11. The lowest BCUT2D eigenvalue weighted by molar-refractivity contribution is -0.126. The number of amides is 1. The summed E-state index contributed by atoms with van der Waals surface area (Å²) in [5.74, 6) is -0.189. The Hall–Kier alpha value is -0.710. The number of halogens is 2. The van der Waals surface area contributed by atoms with E-state index in [2.05, 4.69) is 5.32 Å². The van der Waals surface area contributed by atoms with Gasteiger partial charge in [-0.1, -0.05) is 13.8 Å². The Morgan fingerprint density at radius 1 is 1.47 bits per heavy atom. The van der Waals surface area contributed by atoms with Crippen LogP contribution in [0.3, 0.4) is 0 Å². The second-order valence-corrected chi connectivity index (χ2v) is 4.40. The molecule has 90 valence electrons. The van der Waals surface area contributed by atoms with Crippen LogP contribution in [-0.4, -0.2) is 24.4 Å². The average molecular weight is 222 g/mol. The number of hydrogen-bond donors (Lipinski definition) is 2. The lowest BCUT2D eigenvalue weighted by atomic mass is 9.97. The molecule has 1 unspecified atom stereocenters. The normalized spacial score (nSPS) is 15.5. The molecule has 1 amide bonds. The fraction of sp³-hybridized carbons (Fsp3) is 0.900. The topological polar surface area (TPSA) is 55.1 Å². The molecule has 0 radical (unpaired) electrons. The van der Waals surface area contributed by atoms with Gasteiger partial charge in [0.1, 0.15) is 0 Å². The van der Waals surface area contributed by atoms with Gasteiger partial charge in [0, 0.05) is 6.42 Å². The van der Waals surface area contributed by atoms with Crippen LogP contribution in [0.1, 0.15) is 33.6 Å². The molecule has 5 heteroatoms. The molecule has 3 N–H and O–H groups in total. The molecule has 0 bridgehead atoms. The van der Waals surface area contributed by atoms with Crippen LogP contribution in [0, 0.1) is 5.92 Å². The maximum atomic E-state index is 12.7. The highest BCUT2D eigenvalue weighted by atomic mass is 19.3. The summed E-state index contributed by atoms with van der Waals surface area (Å²) in [5.41, 5.74) is 3.75. The average Bonchev–Trinajstić information content (AvgIpc) is 2.01. The summed E-state index contributed by atoms with van der Waals surface area (Å²) in [6, 6.07) is 0. The lowest BCUT2D eigenvalue weighted by Gasteiger charge is -2.29. The van der Waals surface area contributed by atoms with Crippen molar-refractivity contribution in [3.05, 3.63) is 0 Å². The van der Waals surface area contributed by atoms with Crippen LogP contribution in [-0.2, 0) is 4.79 Å². The summed E-state index contributed by atoms with van der Waals surface area (Å²) < 4.78 is 25.4. The Morgan fingerprint density at radius 3 is 2.33 bits per heavy atom. The third-order valence-electron chi connectivity index (χ3n) is 2.16. The zero-order valence-corrected chi connectivity index (χ0v) is 9.52. The standard InChI is InChI=1S/C10H20F2N2O/c1-7(2)6-8(15)14-10(3,4-5-13)9(11)12/h7,9H,4-6,13H2,1-3H3,(H,14,15). The zero-order chi connectivity index (χ0) is 12.1. The summed E-state index contributed by atoms with van der Waals surface area (Å²) in [7, 11) is 0. The van der Waals surface area contributed by atoms with Crippen molar-refractivity contribution in [2.75, 3.05) is 6.54 Å². The minimum atomic E-state index is -2.60. The molecule has 0 aromatic carbocycles. The zero-order valence-electron chi connectivity index (χ0n) is 9.52. The molecule has 0 aromatic rings. The second kappa shape index (κ2) is 6.00. The Balaban J connectivity index is 4.34. The van der Waals surface area contributed by atoms with Crippen LogP contribution >= 0.6 is 0 Å². The minimum absolute atomic E-state index is 0.0779. The fourth-order valence-corrected chi connectivity index (χ4v) is 1.27. The summed E-state index contributed by atoms with van der Waals surface area (Å²) in [6.45, 7) is 5.18. The molecule has 3 nitrogen and oxygen atoms in total. The maximum Gasteiger partial charge on any atom is 0.261 e. The van der Waals surface area contributed by atoms with E-state index in [0.29, 0.717) is 0 Å². The van der Waals surface area contributed by atoms with Gasteiger partial charge in [0.2, 0.25) is 5.91 Å². The van der Waals surface area contributed by atoms with E-state index in [1.54, 1.807) is 0 Å². The quantitative estimate of drug-likeness (QED) is 0.716. The number of carbonyl (C=O) groups is 1. The van der Waals surface area contributed by atoms with Crippen molar-refractivity contribution in [1.29, 1.82) is 0 Å². The van der Waals surface area contributed by atoms with Crippen LogP contribution < -0.4 is 11.1 Å². The molecule has 0 spiro atoms. The first-order valence-electron chi connectivity index (χ1n) is 5.11. The fourth-order valence-electron chi connectivity index (χ4n) is 1.27. The van der Waals surface area contributed by atoms with Crippen molar-refractivity contribution in [3.63, 3.8) is 0 Å². The molecule has 0 aliphatic heterocycles. The monoisotopic (exact) mass is 222 g/mol. The summed E-state index contributed by atoms with van der Waals surface area (Å²) in [5, 5.41) is 2.36. The van der Waals surface area contributed by atoms with Gasteiger partial charge in [-0.15, -0.1) is 0 Å². The number of rotatable bonds is 6. The van der Waals surface area contributed by atoms with Gasteiger partial charge in [-0.2, -0.15) is 0 Å². The van der Waals surface area contributed by atoms with Crippen molar-refractivity contribution in [3.8, 4) is 0 Å². The Labute approximate surface area is 89.4 Å². The summed E-state index contributed by atoms with van der Waals surface area (Å²) in [4.78, 5) is 11.4. The van der Waals surface area contributed by atoms with Gasteiger partial charge in [-0.25, -0.2) is 8.78 Å². The number of nitrogens with two attached hydrogens (primary N) is 1. The van der Waals surface area contributed by atoms with Crippen LogP contribution in [0.5, 0.6) is 0 Å². The summed E-state index contributed by atoms with van der Waals surface area (Å²) >= 11 is 0. The van der Waals surface area contributed by atoms with Crippen molar-refractivity contribution < 1.29 is 13.6 Å². The molecule has 0 aromatic heterocycles. The SMILES string of the molecule is CC(C)CC(=O)NC(C)(CCN)C(F)F. The Kier molecular flexibility index (Phi) is 5.72. The largest absolute Gasteiger partial charge is 0.345 e. The number of hydrogen-bond acceptors (Lipinski definition) is 2. The number of carbonyl (C=O) groups excluding carboxylic acids is 1. The second-order valence-electron chi connectivity index (χ2n) is 4.40. The van der Waals surface area contributed by atoms with Gasteiger partial charge in [0.05, 0.1) is 5.54 Å². The lowest BCUT2D eigenvalue weighted by Crippen LogP contribution is -2.52. The van der Waals surface area contributed by atoms with Gasteiger partial charge in [-0.3, -0.25) is 4.79 Å². The van der Waals surface area contributed by atoms with E-state index < -0.39 is 12.0 Å². The first kappa shape index (κ1) is 14.3. The van der Waals surface area contributed by atoms with Gasteiger partial charge >= 0.3 is 0 Å². The molecular formula is C10H20F2N2O. The highest BCUT2D eigenvalue weighted by Crippen LogP contribution is 2.19. The van der Waals surface area contributed by atoms with E-state index in [1.807, 2.05) is 13.8 Å². The van der Waals surface area contributed by atoms with E-state index >= 15 is 0 Å². The Bertz CT molecular complexity index is 210. The Morgan fingerprint density at radius 2 is 2.00 bits per heavy atom. The predicted octanol–water partition coefficient (Wildman–Crippen LogP) is 1.52. The molecule has 0 aliphatic carbocycles. The molecular weight excluding hydrogens is 202 g/mol. The smallest absolute Gasteiger partial charge is 0.261 e. The predicted molar refractivity (Wildman–Crippen MR) is 55.7 cm³/mol. The molecule has 1 atom stereocenters. The molecule has 0 fully saturated rings. The van der Waals surface area contributed by atoms with E-state index in [-0.39, 0.29) is 31.2 Å². The van der Waals surface area contributed by atoms with Gasteiger partial charge in [0.15, 0.2) is 0 Å². The van der Waals surface area contributed by atoms with Crippen molar-refractivity contribution in [2.45, 2.75) is 45.6 Å². The molecule has 0 saturated heterocycles. The molecule has 0 aliphatic rings. The number of nitrogens with one attached hydrogen (secondary N) is 1. The first-order chi connectivity index (χ1) is 6.81. The van der Waals surface area contributed by atoms with Crippen LogP contribution in [0.25, 0.3) is 0 Å². The summed E-state index contributed by atoms with van der Waals surface area (Å²) in [6.07, 6.45) is -2.27. The number of alkyl halides is 2. The molecule has 0 rings (SSSR count). The van der Waals surface area contributed by atoms with Crippen LogP contribution in [0.4, 0.5) is 8.78 Å². The highest BCUT2D eigenvalue weighted by Gasteiger charge is 2.35. The van der Waals surface area contributed by atoms with Crippen LogP contribution in [0.2, 0.25) is 0 Å². The highest BCUT2D eigenvalue weighted by molar-refractivity contribution is 5.77. The minimum Gasteiger partial charge on any atom is -0.345 e. The van der Waals surface area contributed by atoms with Crippen molar-refractivity contribution >= 4 is 5.91 Å². The molecule has 15 heavy (non-hydrogen) atoms. The molecule has 0 heterocycles. The van der Waals surface area contributed by atoms with Crippen molar-refractivity contribution in [2.24, 2.45) is 11.7 Å². The third kappa shape index (κ3) is 5.06. The van der Waals surface area contributed by atoms with E-state index in [0.717, 1.165) is 0 Å². The van der Waals surface area contributed by atoms with Gasteiger partial charge in [-0.05, 0) is 25.8 Å². The molecule has 0 saturated carbocycles.